The van der Waals surface area contributed by atoms with Crippen LogP contribution in [0.1, 0.15) is 0 Å². The van der Waals surface area contributed by atoms with Gasteiger partial charge in [0, 0.05) is 0 Å². The third-order valence-electron chi connectivity index (χ3n) is 0.144. The number of nitrogens with one attached hydrogen (secondary N) is 1. The van der Waals surface area contributed by atoms with Crippen LogP contribution in [0.15, 0.2) is 0 Å². The zero-order chi connectivity index (χ0) is 3.41. The summed E-state index contributed by atoms with van der Waals surface area (Å²) in [5, 5.41) is 0. The van der Waals surface area contributed by atoms with Crippen LogP contribution >= 0.6 is 0 Å². The predicted octanol–water partition coefficient (Wildman–Crippen LogP) is -2.47. The third-order valence-corrected chi connectivity index (χ3v) is 0.433. The molecule has 1 N–H and O–H groups in total. The molecular formula is C2H7NPoSi. The minimum atomic E-state index is 0. The Labute approximate surface area is 54.5 Å². The standard InChI is InChI=1S/C2H5NSi.Po.2H/c1-2-3-4;;;/h1,3H,4H3;;;. The van der Waals surface area contributed by atoms with Crippen molar-refractivity contribution in [2.24, 2.45) is 0 Å². The van der Waals surface area contributed by atoms with Crippen molar-refractivity contribution in [2.75, 3.05) is 0 Å². The molecule has 0 rings (SSSR count). The third kappa shape index (κ3) is 12.6. The van der Waals surface area contributed by atoms with Crippen LogP contribution in [-0.2, 0) is 0 Å². The fraction of sp³-hybridized carbons (Fsp3) is 0. The second kappa shape index (κ2) is 8.82. The van der Waals surface area contributed by atoms with Crippen LogP contribution in [0.25, 0.3) is 0 Å². The van der Waals surface area contributed by atoms with Crippen LogP contribution < -0.4 is 4.98 Å². The summed E-state index contributed by atoms with van der Waals surface area (Å²) < 4.78 is 0. The van der Waals surface area contributed by atoms with Crippen molar-refractivity contribution in [3.8, 4) is 12.5 Å². The summed E-state index contributed by atoms with van der Waals surface area (Å²) in [5.74, 6) is 0. The second-order valence-corrected chi connectivity index (χ2v) is 0.894. The first kappa shape index (κ1) is 9.08. The van der Waals surface area contributed by atoms with Gasteiger partial charge in [-0.2, -0.15) is 0 Å². The summed E-state index contributed by atoms with van der Waals surface area (Å²) in [6.45, 7) is 0. The molecule has 0 aliphatic carbocycles. The van der Waals surface area contributed by atoms with Gasteiger partial charge in [-0.05, 0) is 6.04 Å². The Balaban J connectivity index is 0. The molecule has 3 heteroatoms. The van der Waals surface area contributed by atoms with Crippen LogP contribution in [0.2, 0.25) is 0 Å². The first-order valence-electron chi connectivity index (χ1n) is 1.04. The summed E-state index contributed by atoms with van der Waals surface area (Å²) in [6.07, 6.45) is 4.70. The van der Waals surface area contributed by atoms with E-state index >= 15 is 0 Å². The van der Waals surface area contributed by atoms with E-state index in [0.29, 0.717) is 0 Å². The average molecular weight is 282 g/mol. The second-order valence-electron chi connectivity index (χ2n) is 0.394. The van der Waals surface area contributed by atoms with Gasteiger partial charge in [-0.3, -0.25) is 0 Å². The Hall–Kier alpha value is 0.473. The molecule has 0 radical (unpaired) electrons. The van der Waals surface area contributed by atoms with E-state index in [4.69, 9.17) is 6.42 Å². The van der Waals surface area contributed by atoms with Gasteiger partial charge in [0.2, 0.25) is 0 Å². The average Bonchev–Trinajstić information content (AvgIpc) is 1.37. The molecule has 5 heavy (non-hydrogen) atoms. The van der Waals surface area contributed by atoms with Crippen LogP contribution in [-0.4, -0.2) is 37.0 Å². The van der Waals surface area contributed by atoms with Crippen molar-refractivity contribution in [3.63, 3.8) is 0 Å². The fourth-order valence-corrected chi connectivity index (χ4v) is 0. The molecule has 1 nitrogen and oxygen atoms in total. The van der Waals surface area contributed by atoms with Crippen molar-refractivity contribution in [1.29, 1.82) is 0 Å². The van der Waals surface area contributed by atoms with E-state index in [2.05, 4.69) is 11.0 Å². The van der Waals surface area contributed by atoms with Crippen LogP contribution in [0.4, 0.5) is 0 Å². The minimum absolute atomic E-state index is 0. The monoisotopic (exact) mass is 282 g/mol. The maximum absolute atomic E-state index is 4.70. The molecule has 0 bridgehead atoms. The van der Waals surface area contributed by atoms with E-state index in [9.17, 15) is 0 Å². The van der Waals surface area contributed by atoms with E-state index in [1.54, 1.807) is 0 Å². The van der Waals surface area contributed by atoms with E-state index in [1.165, 1.54) is 0 Å². The molecule has 0 spiro atoms. The molecule has 30 valence electrons. The Morgan fingerprint density at radius 1 is 1.80 bits per heavy atom. The zero-order valence-electron chi connectivity index (χ0n) is 3.08. The summed E-state index contributed by atoms with van der Waals surface area (Å²) in [4.78, 5) is 2.60. The maximum atomic E-state index is 4.70. The van der Waals surface area contributed by atoms with E-state index in [0.717, 1.165) is 10.4 Å². The SMILES string of the molecule is C#CN[SiH3].[PoH2]. The van der Waals surface area contributed by atoms with E-state index in [-0.39, 0.29) is 26.6 Å². The summed E-state index contributed by atoms with van der Waals surface area (Å²) in [7, 11) is 0.904. The van der Waals surface area contributed by atoms with Crippen molar-refractivity contribution in [2.45, 2.75) is 0 Å². The molecule has 0 saturated heterocycles. The Morgan fingerprint density at radius 2 is 2.00 bits per heavy atom. The molecule has 0 amide bonds. The van der Waals surface area contributed by atoms with Crippen molar-refractivity contribution >= 4 is 37.0 Å². The molecule has 0 unspecified atom stereocenters. The molecule has 0 fully saturated rings. The van der Waals surface area contributed by atoms with Crippen molar-refractivity contribution in [3.05, 3.63) is 0 Å². The number of terminal acetylenes is 1. The number of hydrogen-bond acceptors (Lipinski definition) is 1. The topological polar surface area (TPSA) is 12.0 Å². The molecule has 0 heterocycles. The van der Waals surface area contributed by atoms with Crippen LogP contribution in [0.5, 0.6) is 0 Å². The van der Waals surface area contributed by atoms with Gasteiger partial charge >= 0.3 is 26.6 Å². The Kier molecular flexibility index (Phi) is 16.0. The van der Waals surface area contributed by atoms with Gasteiger partial charge in [-0.25, -0.2) is 0 Å². The van der Waals surface area contributed by atoms with Gasteiger partial charge in [-0.15, -0.1) is 0 Å². The van der Waals surface area contributed by atoms with Gasteiger partial charge in [0.15, 0.2) is 0 Å². The van der Waals surface area contributed by atoms with E-state index in [1.807, 2.05) is 0 Å². The first-order chi connectivity index (χ1) is 1.91. The van der Waals surface area contributed by atoms with Gasteiger partial charge in [0.1, 0.15) is 10.4 Å². The normalized spacial score (nSPS) is 3.80. The van der Waals surface area contributed by atoms with Gasteiger partial charge < -0.3 is 4.98 Å². The van der Waals surface area contributed by atoms with E-state index < -0.39 is 0 Å². The molecule has 0 aromatic rings. The van der Waals surface area contributed by atoms with Crippen molar-refractivity contribution < 1.29 is 0 Å². The Morgan fingerprint density at radius 3 is 2.00 bits per heavy atom. The summed E-state index contributed by atoms with van der Waals surface area (Å²) >= 11 is 0. The van der Waals surface area contributed by atoms with Gasteiger partial charge in [0.25, 0.3) is 0 Å². The number of rotatable bonds is 0. The van der Waals surface area contributed by atoms with Gasteiger partial charge in [0.05, 0.1) is 0 Å². The molecule has 0 atom stereocenters. The van der Waals surface area contributed by atoms with Crippen LogP contribution in [0, 0.1) is 12.5 Å². The van der Waals surface area contributed by atoms with Crippen molar-refractivity contribution in [1.82, 2.24) is 4.98 Å². The quantitative estimate of drug-likeness (QED) is 0.295. The fourth-order valence-electron chi connectivity index (χ4n) is 0. The Bertz CT molecular complexity index is 39.4. The molecule has 0 aromatic heterocycles. The van der Waals surface area contributed by atoms with Crippen LogP contribution in [0.3, 0.4) is 0 Å². The summed E-state index contributed by atoms with van der Waals surface area (Å²) in [6, 6.07) is 2.24. The first-order valence-corrected chi connectivity index (χ1v) is 2.04. The molecule has 0 saturated carbocycles. The molecular weight excluding hydrogens is 275 g/mol. The number of hydrogen-bond donors (Lipinski definition) is 1. The van der Waals surface area contributed by atoms with Gasteiger partial charge in [-0.1, -0.05) is 6.42 Å². The molecule has 0 aliphatic rings. The molecule has 0 aromatic carbocycles. The zero-order valence-corrected chi connectivity index (χ0v) is 8.96. The predicted molar refractivity (Wildman–Crippen MR) is 30.5 cm³/mol. The summed E-state index contributed by atoms with van der Waals surface area (Å²) in [5.41, 5.74) is 0. The molecule has 0 aliphatic heterocycles.